The average Bonchev–Trinajstić information content (AvgIpc) is 2.74. The molecule has 0 aliphatic carbocycles. The molecule has 0 fully saturated rings. The summed E-state index contributed by atoms with van der Waals surface area (Å²) in [5.74, 6) is -0.0553. The summed E-state index contributed by atoms with van der Waals surface area (Å²) in [4.78, 5) is 16.2. The maximum Gasteiger partial charge on any atom is 0.228 e. The van der Waals surface area contributed by atoms with Gasteiger partial charge in [-0.25, -0.2) is 0 Å². The monoisotopic (exact) mass is 391 g/mol. The third-order valence-electron chi connectivity index (χ3n) is 4.68. The molecule has 1 amide bonds. The van der Waals surface area contributed by atoms with Crippen LogP contribution in [-0.2, 0) is 17.6 Å². The molecule has 1 unspecified atom stereocenters. The Morgan fingerprint density at radius 2 is 1.79 bits per heavy atom. The second kappa shape index (κ2) is 10.4. The van der Waals surface area contributed by atoms with Crippen LogP contribution in [-0.4, -0.2) is 29.1 Å². The van der Waals surface area contributed by atoms with E-state index in [9.17, 15) is 9.90 Å². The fraction of sp³-hybridized carbons (Fsp3) is 0.217. The molecule has 0 saturated carbocycles. The summed E-state index contributed by atoms with van der Waals surface area (Å²) in [6.07, 6.45) is 4.08. The van der Waals surface area contributed by atoms with Crippen LogP contribution in [0.2, 0.25) is 0 Å². The molecule has 6 N–H and O–H groups in total. The molecule has 0 radical (unpaired) electrons. The minimum absolute atomic E-state index is 0.0553. The molecule has 6 heteroatoms. The topological polar surface area (TPSA) is 105 Å². The fourth-order valence-corrected chi connectivity index (χ4v) is 3.03. The minimum Gasteiger partial charge on any atom is -0.399 e. The van der Waals surface area contributed by atoms with Crippen molar-refractivity contribution in [2.24, 2.45) is 0 Å². The fourth-order valence-electron chi connectivity index (χ4n) is 3.03. The van der Waals surface area contributed by atoms with E-state index < -0.39 is 6.10 Å². The number of nitrogens with one attached hydrogen (secondary N) is 1. The molecule has 3 aromatic rings. The lowest BCUT2D eigenvalue weighted by atomic mass is 10.1. The van der Waals surface area contributed by atoms with Crippen molar-refractivity contribution in [3.8, 4) is 0 Å². The van der Waals surface area contributed by atoms with Crippen LogP contribution >= 0.6 is 0 Å². The van der Waals surface area contributed by atoms with E-state index in [1.54, 1.807) is 24.5 Å². The number of amides is 1. The number of hydrogen-bond donors (Lipinski definition) is 4. The third kappa shape index (κ3) is 6.71. The molecule has 2 aromatic carbocycles. The molecule has 0 spiro atoms. The number of nitrogen functional groups attached to an aromatic ring is 1. The van der Waals surface area contributed by atoms with Crippen molar-refractivity contribution in [3.63, 3.8) is 0 Å². The van der Waals surface area contributed by atoms with Gasteiger partial charge in [-0.2, -0.15) is 0 Å². The third-order valence-corrected chi connectivity index (χ3v) is 4.68. The summed E-state index contributed by atoms with van der Waals surface area (Å²) < 4.78 is 0. The zero-order valence-electron chi connectivity index (χ0n) is 16.3. The second-order valence-corrected chi connectivity index (χ2v) is 7.03. The maximum absolute atomic E-state index is 12.2. The molecule has 0 bridgehead atoms. The highest BCUT2D eigenvalue weighted by Gasteiger charge is 2.09. The quantitative estimate of drug-likeness (QED) is 0.329. The van der Waals surface area contributed by atoms with Gasteiger partial charge in [0.05, 0.1) is 13.0 Å². The Kier molecular flexibility index (Phi) is 7.33. The predicted octanol–water partition coefficient (Wildman–Crippen LogP) is 1.68. The van der Waals surface area contributed by atoms with E-state index >= 15 is 0 Å². The van der Waals surface area contributed by atoms with E-state index in [0.717, 1.165) is 29.8 Å². The first-order valence-electron chi connectivity index (χ1n) is 9.73. The van der Waals surface area contributed by atoms with Gasteiger partial charge >= 0.3 is 0 Å². The molecule has 29 heavy (non-hydrogen) atoms. The minimum atomic E-state index is -0.512. The number of nitrogens with two attached hydrogens (primary N) is 2. The molecule has 6 nitrogen and oxygen atoms in total. The molecule has 0 aliphatic heterocycles. The number of quaternary nitrogens is 1. The van der Waals surface area contributed by atoms with E-state index in [1.807, 2.05) is 48.5 Å². The van der Waals surface area contributed by atoms with Gasteiger partial charge in [0.25, 0.3) is 0 Å². The van der Waals surface area contributed by atoms with Gasteiger partial charge < -0.3 is 21.5 Å². The number of aliphatic hydroxyl groups is 1. The largest absolute Gasteiger partial charge is 0.399 e. The molecule has 3 rings (SSSR count). The van der Waals surface area contributed by atoms with Gasteiger partial charge in [0.15, 0.2) is 0 Å². The van der Waals surface area contributed by atoms with E-state index in [1.165, 1.54) is 5.56 Å². The van der Waals surface area contributed by atoms with Gasteiger partial charge in [-0.05, 0) is 41.5 Å². The van der Waals surface area contributed by atoms with Gasteiger partial charge in [0, 0.05) is 35.8 Å². The molecular weight excluding hydrogens is 364 g/mol. The maximum atomic E-state index is 12.2. The molecule has 1 heterocycles. The Balaban J connectivity index is 1.39. The molecule has 0 aliphatic rings. The van der Waals surface area contributed by atoms with Crippen LogP contribution in [0.4, 0.5) is 11.4 Å². The lowest BCUT2D eigenvalue weighted by Crippen LogP contribution is -2.85. The van der Waals surface area contributed by atoms with Crippen molar-refractivity contribution < 1.29 is 15.2 Å². The molecular formula is C23H27N4O2+. The molecule has 150 valence electrons. The van der Waals surface area contributed by atoms with Gasteiger partial charge in [-0.1, -0.05) is 30.3 Å². The Hall–Kier alpha value is -3.22. The lowest BCUT2D eigenvalue weighted by Gasteiger charge is -2.10. The van der Waals surface area contributed by atoms with Crippen LogP contribution in [0.1, 0.15) is 22.8 Å². The Morgan fingerprint density at radius 1 is 1.07 bits per heavy atom. The van der Waals surface area contributed by atoms with E-state index in [0.29, 0.717) is 18.7 Å². The van der Waals surface area contributed by atoms with Crippen LogP contribution in [0, 0.1) is 0 Å². The Morgan fingerprint density at radius 3 is 2.48 bits per heavy atom. The number of hydrogen-bond acceptors (Lipinski definition) is 4. The summed E-state index contributed by atoms with van der Waals surface area (Å²) in [6.45, 7) is 1.48. The van der Waals surface area contributed by atoms with Gasteiger partial charge in [0.1, 0.15) is 12.6 Å². The van der Waals surface area contributed by atoms with Crippen molar-refractivity contribution in [3.05, 3.63) is 89.7 Å². The van der Waals surface area contributed by atoms with Crippen LogP contribution in [0.25, 0.3) is 0 Å². The molecule has 1 aromatic heterocycles. The lowest BCUT2D eigenvalue weighted by molar-refractivity contribution is -0.661. The number of anilines is 2. The summed E-state index contributed by atoms with van der Waals surface area (Å²) in [7, 11) is 0. The van der Waals surface area contributed by atoms with Crippen LogP contribution < -0.4 is 16.4 Å². The van der Waals surface area contributed by atoms with Crippen LogP contribution in [0.3, 0.4) is 0 Å². The normalized spacial score (nSPS) is 11.8. The summed E-state index contributed by atoms with van der Waals surface area (Å²) in [5.41, 5.74) is 10.1. The van der Waals surface area contributed by atoms with Crippen molar-refractivity contribution >= 4 is 17.3 Å². The summed E-state index contributed by atoms with van der Waals surface area (Å²) >= 11 is 0. The zero-order chi connectivity index (χ0) is 20.5. The predicted molar refractivity (Wildman–Crippen MR) is 114 cm³/mol. The van der Waals surface area contributed by atoms with E-state index in [2.05, 4.69) is 15.6 Å². The average molecular weight is 391 g/mol. The van der Waals surface area contributed by atoms with Gasteiger partial charge in [-0.15, -0.1) is 0 Å². The smallest absolute Gasteiger partial charge is 0.228 e. The number of aliphatic hydroxyl groups excluding tert-OH is 1. The van der Waals surface area contributed by atoms with Crippen molar-refractivity contribution in [2.45, 2.75) is 18.9 Å². The van der Waals surface area contributed by atoms with Crippen LogP contribution in [0.5, 0.6) is 0 Å². The van der Waals surface area contributed by atoms with Crippen molar-refractivity contribution in [2.75, 3.05) is 24.1 Å². The zero-order valence-corrected chi connectivity index (χ0v) is 16.3. The number of rotatable bonds is 9. The number of aromatic nitrogens is 1. The highest BCUT2D eigenvalue weighted by molar-refractivity contribution is 5.92. The van der Waals surface area contributed by atoms with Crippen molar-refractivity contribution in [1.29, 1.82) is 0 Å². The highest BCUT2D eigenvalue weighted by atomic mass is 16.3. The molecule has 1 atom stereocenters. The number of carbonyl (C=O) groups excluding carboxylic acids is 1. The number of pyridine rings is 1. The second-order valence-electron chi connectivity index (χ2n) is 7.03. The first-order valence-corrected chi connectivity index (χ1v) is 9.73. The van der Waals surface area contributed by atoms with E-state index in [-0.39, 0.29) is 5.91 Å². The number of nitrogens with zero attached hydrogens (tertiary/aromatic N) is 1. The summed E-state index contributed by atoms with van der Waals surface area (Å²) in [6, 6.07) is 18.9. The number of benzene rings is 2. The number of carbonyl (C=O) groups is 1. The Bertz CT molecular complexity index is 896. The SMILES string of the molecule is Nc1ccc(CC(=O)Nc2ccc(CC[NH2+]CC(O)c3cccnc3)cc2)cc1. The highest BCUT2D eigenvalue weighted by Crippen LogP contribution is 2.12. The first-order chi connectivity index (χ1) is 14.1. The summed E-state index contributed by atoms with van der Waals surface area (Å²) in [5, 5.41) is 15.2. The van der Waals surface area contributed by atoms with Gasteiger partial charge in [0.2, 0.25) is 5.91 Å². The van der Waals surface area contributed by atoms with E-state index in [4.69, 9.17) is 5.73 Å². The Labute approximate surface area is 170 Å². The van der Waals surface area contributed by atoms with Crippen LogP contribution in [0.15, 0.2) is 73.1 Å². The van der Waals surface area contributed by atoms with Crippen molar-refractivity contribution in [1.82, 2.24) is 4.98 Å². The molecule has 0 saturated heterocycles. The van der Waals surface area contributed by atoms with Gasteiger partial charge in [-0.3, -0.25) is 9.78 Å². The standard InChI is InChI=1S/C23H26N4O2/c24-20-7-3-18(4-8-20)14-23(29)27-21-9-5-17(6-10-21)11-13-26-16-22(28)19-2-1-12-25-15-19/h1-10,12,15,22,26,28H,11,13-14,16,24H2,(H,27,29)/p+1. The first kappa shape index (κ1) is 20.5.